The molecule has 0 aliphatic carbocycles. The van der Waals surface area contributed by atoms with Gasteiger partial charge in [0, 0.05) is 87.9 Å². The molecule has 2 aliphatic rings. The molecule has 1 atom stereocenters. The molecule has 0 spiro atoms. The van der Waals surface area contributed by atoms with E-state index in [0.29, 0.717) is 60.1 Å². The fraction of sp³-hybridized carbons (Fsp3) is 0.419. The summed E-state index contributed by atoms with van der Waals surface area (Å²) in [6.07, 6.45) is 3.87. The molecule has 2 aromatic heterocycles. The predicted molar refractivity (Wildman–Crippen MR) is 223 cm³/mol. The zero-order valence-corrected chi connectivity index (χ0v) is 34.4. The molecule has 5 aromatic rings. The number of anilines is 1. The number of carbonyl (C=O) groups excluding carboxylic acids is 1. The van der Waals surface area contributed by atoms with Gasteiger partial charge in [-0.1, -0.05) is 31.2 Å². The lowest BCUT2D eigenvalue weighted by molar-refractivity contribution is 0.0904. The SMILES string of the molecule is CCc1nc2c(cnn2CC)c(NC2CCOCC2)c1CN(Cc1ccc(F)c(-c2cccc(CN3CCN[C@@H](C)C3)c2)c1)S(=O)(=O)c1ccc(OC)c(C(N)=O)c1. The number of sulfonamides is 1. The number of nitrogens with zero attached hydrogens (tertiary/aromatic N) is 5. The van der Waals surface area contributed by atoms with Gasteiger partial charge in [-0.2, -0.15) is 9.40 Å². The number of primary amides is 1. The van der Waals surface area contributed by atoms with E-state index in [1.807, 2.05) is 42.8 Å². The average molecular weight is 813 g/mol. The van der Waals surface area contributed by atoms with Crippen LogP contribution in [0.1, 0.15) is 66.4 Å². The summed E-state index contributed by atoms with van der Waals surface area (Å²) in [4.78, 5) is 19.8. The van der Waals surface area contributed by atoms with E-state index >= 15 is 4.39 Å². The molecule has 4 heterocycles. The number of aryl methyl sites for hydroxylation is 2. The molecule has 58 heavy (non-hydrogen) atoms. The number of methoxy groups -OCH3 is 1. The van der Waals surface area contributed by atoms with E-state index in [1.54, 1.807) is 18.3 Å². The van der Waals surface area contributed by atoms with Crippen molar-refractivity contribution < 1.29 is 27.1 Å². The van der Waals surface area contributed by atoms with Crippen LogP contribution in [0.15, 0.2) is 71.8 Å². The van der Waals surface area contributed by atoms with E-state index in [1.165, 1.54) is 35.7 Å². The summed E-state index contributed by atoms with van der Waals surface area (Å²) in [7, 11) is -2.96. The van der Waals surface area contributed by atoms with Crippen molar-refractivity contribution in [3.63, 3.8) is 0 Å². The van der Waals surface area contributed by atoms with Gasteiger partial charge in [0.1, 0.15) is 11.6 Å². The monoisotopic (exact) mass is 812 g/mol. The first-order chi connectivity index (χ1) is 28.0. The van der Waals surface area contributed by atoms with Crippen LogP contribution in [0.5, 0.6) is 5.75 Å². The van der Waals surface area contributed by atoms with Crippen molar-refractivity contribution in [3.8, 4) is 16.9 Å². The van der Waals surface area contributed by atoms with Gasteiger partial charge in [-0.15, -0.1) is 0 Å². The molecule has 2 aliphatic heterocycles. The topological polar surface area (TPSA) is 157 Å². The number of halogens is 1. The van der Waals surface area contributed by atoms with Crippen LogP contribution in [0.3, 0.4) is 0 Å². The Morgan fingerprint density at radius 1 is 1.09 bits per heavy atom. The van der Waals surface area contributed by atoms with E-state index in [-0.39, 0.29) is 35.3 Å². The first-order valence-corrected chi connectivity index (χ1v) is 21.5. The molecule has 2 saturated heterocycles. The zero-order valence-electron chi connectivity index (χ0n) is 33.6. The Morgan fingerprint density at radius 3 is 2.62 bits per heavy atom. The molecule has 3 aromatic carbocycles. The van der Waals surface area contributed by atoms with Gasteiger partial charge >= 0.3 is 0 Å². The summed E-state index contributed by atoms with van der Waals surface area (Å²) >= 11 is 0. The molecule has 2 fully saturated rings. The van der Waals surface area contributed by atoms with Gasteiger partial charge in [0.05, 0.1) is 34.8 Å². The van der Waals surface area contributed by atoms with Crippen molar-refractivity contribution >= 4 is 32.7 Å². The number of piperazine rings is 1. The summed E-state index contributed by atoms with van der Waals surface area (Å²) in [6, 6.07) is 17.2. The third-order valence-electron chi connectivity index (χ3n) is 11.1. The smallest absolute Gasteiger partial charge is 0.252 e. The molecule has 308 valence electrons. The Balaban J connectivity index is 1.32. The van der Waals surface area contributed by atoms with Crippen LogP contribution in [0.4, 0.5) is 10.1 Å². The van der Waals surface area contributed by atoms with Crippen LogP contribution in [0.25, 0.3) is 22.2 Å². The van der Waals surface area contributed by atoms with Crippen molar-refractivity contribution in [1.29, 1.82) is 0 Å². The summed E-state index contributed by atoms with van der Waals surface area (Å²) in [5.74, 6) is -1.07. The number of amides is 1. The summed E-state index contributed by atoms with van der Waals surface area (Å²) < 4.78 is 59.9. The van der Waals surface area contributed by atoms with Gasteiger partial charge in [-0.05, 0) is 86.2 Å². The predicted octanol–water partition coefficient (Wildman–Crippen LogP) is 5.70. The molecule has 4 N–H and O–H groups in total. The Morgan fingerprint density at radius 2 is 1.90 bits per heavy atom. The number of aromatic nitrogens is 3. The number of fused-ring (bicyclic) bond motifs is 1. The van der Waals surface area contributed by atoms with Crippen LogP contribution in [-0.4, -0.2) is 90.3 Å². The lowest BCUT2D eigenvalue weighted by Crippen LogP contribution is -2.48. The highest BCUT2D eigenvalue weighted by Crippen LogP contribution is 2.35. The maximum absolute atomic E-state index is 15.8. The number of hydrogen-bond acceptors (Lipinski definition) is 10. The van der Waals surface area contributed by atoms with Gasteiger partial charge in [0.15, 0.2) is 5.65 Å². The number of rotatable bonds is 15. The first kappa shape index (κ1) is 41.2. The van der Waals surface area contributed by atoms with Crippen molar-refractivity contribution in [2.45, 2.75) is 83.2 Å². The molecular weight excluding hydrogens is 760 g/mol. The van der Waals surface area contributed by atoms with Gasteiger partial charge in [-0.3, -0.25) is 9.69 Å². The van der Waals surface area contributed by atoms with E-state index in [0.717, 1.165) is 61.4 Å². The molecule has 0 bridgehead atoms. The first-order valence-electron chi connectivity index (χ1n) is 20.0. The second kappa shape index (κ2) is 17.9. The Bertz CT molecular complexity index is 2380. The summed E-state index contributed by atoms with van der Waals surface area (Å²) in [5, 5.41) is 12.6. The summed E-state index contributed by atoms with van der Waals surface area (Å²) in [6.45, 7) is 11.3. The molecule has 13 nitrogen and oxygen atoms in total. The van der Waals surface area contributed by atoms with Gasteiger partial charge in [0.25, 0.3) is 5.91 Å². The maximum Gasteiger partial charge on any atom is 0.252 e. The Labute approximate surface area is 339 Å². The number of carbonyl (C=O) groups is 1. The van der Waals surface area contributed by atoms with E-state index in [4.69, 9.17) is 20.2 Å². The fourth-order valence-electron chi connectivity index (χ4n) is 8.02. The molecule has 0 saturated carbocycles. The second-order valence-electron chi connectivity index (χ2n) is 15.1. The minimum Gasteiger partial charge on any atom is -0.496 e. The average Bonchev–Trinajstić information content (AvgIpc) is 3.64. The molecular formula is C43H53FN8O5S. The molecule has 1 amide bonds. The van der Waals surface area contributed by atoms with Crippen molar-refractivity contribution in [3.05, 3.63) is 101 Å². The number of nitrogens with two attached hydrogens (primary N) is 1. The Kier molecular flexibility index (Phi) is 12.7. The number of benzene rings is 3. The van der Waals surface area contributed by atoms with Gasteiger partial charge in [0.2, 0.25) is 10.0 Å². The molecule has 15 heteroatoms. The van der Waals surface area contributed by atoms with Crippen LogP contribution < -0.4 is 21.1 Å². The second-order valence-corrected chi connectivity index (χ2v) is 17.0. The van der Waals surface area contributed by atoms with E-state index in [2.05, 4.69) is 27.6 Å². The Hall–Kier alpha value is -4.93. The molecule has 0 unspecified atom stereocenters. The third kappa shape index (κ3) is 8.88. The summed E-state index contributed by atoms with van der Waals surface area (Å²) in [5.41, 5.74) is 11.3. The van der Waals surface area contributed by atoms with Gasteiger partial charge in [-0.25, -0.2) is 22.5 Å². The molecule has 0 radical (unpaired) electrons. The van der Waals surface area contributed by atoms with Gasteiger partial charge < -0.3 is 25.8 Å². The fourth-order valence-corrected chi connectivity index (χ4v) is 9.44. The quantitative estimate of drug-likeness (QED) is 0.120. The minimum atomic E-state index is -4.35. The lowest BCUT2D eigenvalue weighted by atomic mass is 9.99. The number of nitrogens with one attached hydrogen (secondary N) is 2. The normalized spacial score (nSPS) is 16.9. The minimum absolute atomic E-state index is 0.0612. The highest BCUT2D eigenvalue weighted by molar-refractivity contribution is 7.89. The van der Waals surface area contributed by atoms with E-state index in [9.17, 15) is 13.2 Å². The standard InChI is InChI=1S/C43H53FN8O5S/c1-5-39-37(41(48-32-14-18-57-19-15-32)36-23-47-52(6-2)43(36)49-39)27-51(58(54,55)33-11-13-40(56-4)35(22-33)42(45)53)26-30-10-12-38(44)34(21-30)31-9-7-8-29(20-31)25-50-17-16-46-28(3)24-50/h7-13,20-23,28,32,46H,5-6,14-19,24-27H2,1-4H3,(H2,45,53)(H,48,49)/t28-/m0/s1. The van der Waals surface area contributed by atoms with Crippen molar-refractivity contribution in [2.75, 3.05) is 45.3 Å². The zero-order chi connectivity index (χ0) is 41.0. The van der Waals surface area contributed by atoms with Crippen LogP contribution >= 0.6 is 0 Å². The van der Waals surface area contributed by atoms with Crippen molar-refractivity contribution in [1.82, 2.24) is 29.3 Å². The highest BCUT2D eigenvalue weighted by Gasteiger charge is 2.31. The lowest BCUT2D eigenvalue weighted by Gasteiger charge is -2.31. The maximum atomic E-state index is 15.8. The molecule has 7 rings (SSSR count). The highest BCUT2D eigenvalue weighted by atomic mass is 32.2. The largest absolute Gasteiger partial charge is 0.496 e. The number of hydrogen-bond donors (Lipinski definition) is 3. The third-order valence-corrected chi connectivity index (χ3v) is 12.9. The number of pyridine rings is 1. The van der Waals surface area contributed by atoms with Crippen LogP contribution in [-0.2, 0) is 47.4 Å². The van der Waals surface area contributed by atoms with E-state index < -0.39 is 21.7 Å². The number of ether oxygens (including phenoxy) is 2. The van der Waals surface area contributed by atoms with Crippen LogP contribution in [0.2, 0.25) is 0 Å². The van der Waals surface area contributed by atoms with Crippen molar-refractivity contribution in [2.24, 2.45) is 5.73 Å². The van der Waals surface area contributed by atoms with Crippen LogP contribution in [0, 0.1) is 5.82 Å².